The minimum atomic E-state index is -3.37. The van der Waals surface area contributed by atoms with E-state index >= 15 is 0 Å². The van der Waals surface area contributed by atoms with E-state index in [0.717, 1.165) is 23.0 Å². The molecular formula is C23H22F3N5O4. The van der Waals surface area contributed by atoms with Crippen LogP contribution < -0.4 is 10.6 Å². The summed E-state index contributed by atoms with van der Waals surface area (Å²) in [6, 6.07) is 8.14. The molecule has 4 rings (SSSR count). The lowest BCUT2D eigenvalue weighted by atomic mass is 9.91. The van der Waals surface area contributed by atoms with Crippen LogP contribution in [0.25, 0.3) is 0 Å². The van der Waals surface area contributed by atoms with Crippen molar-refractivity contribution in [3.05, 3.63) is 77.7 Å². The Morgan fingerprint density at radius 2 is 1.94 bits per heavy atom. The highest BCUT2D eigenvalue weighted by molar-refractivity contribution is 6.00. The van der Waals surface area contributed by atoms with E-state index < -0.39 is 59.9 Å². The quantitative estimate of drug-likeness (QED) is 0.587. The molecule has 9 nitrogen and oxygen atoms in total. The fraction of sp³-hybridized carbons (Fsp3) is 0.304. The van der Waals surface area contributed by atoms with E-state index in [2.05, 4.69) is 15.6 Å². The molecule has 1 aromatic heterocycles. The topological polar surface area (TPSA) is 115 Å². The van der Waals surface area contributed by atoms with E-state index in [1.54, 1.807) is 6.07 Å². The van der Waals surface area contributed by atoms with Gasteiger partial charge in [0.1, 0.15) is 11.5 Å². The highest BCUT2D eigenvalue weighted by Crippen LogP contribution is 2.40. The van der Waals surface area contributed by atoms with Gasteiger partial charge < -0.3 is 25.5 Å². The third-order valence-corrected chi connectivity index (χ3v) is 6.09. The molecule has 2 atom stereocenters. The molecule has 1 unspecified atom stereocenters. The molecule has 2 aromatic rings. The number of halogens is 3. The number of benzene rings is 1. The van der Waals surface area contributed by atoms with Crippen molar-refractivity contribution in [3.63, 3.8) is 0 Å². The molecule has 3 N–H and O–H groups in total. The van der Waals surface area contributed by atoms with Gasteiger partial charge in [-0.1, -0.05) is 18.2 Å². The van der Waals surface area contributed by atoms with Crippen LogP contribution >= 0.6 is 0 Å². The molecule has 35 heavy (non-hydrogen) atoms. The predicted molar refractivity (Wildman–Crippen MR) is 116 cm³/mol. The molecule has 1 fully saturated rings. The average molecular weight is 489 g/mol. The van der Waals surface area contributed by atoms with Crippen molar-refractivity contribution in [2.24, 2.45) is 0 Å². The van der Waals surface area contributed by atoms with E-state index in [9.17, 15) is 32.7 Å². The minimum Gasteiger partial charge on any atom is -0.502 e. The molecule has 184 valence electrons. The second kappa shape index (κ2) is 8.93. The lowest BCUT2D eigenvalue weighted by molar-refractivity contribution is -0.153. The van der Waals surface area contributed by atoms with Crippen LogP contribution in [0.5, 0.6) is 0 Å². The Kier molecular flexibility index (Phi) is 6.14. The summed E-state index contributed by atoms with van der Waals surface area (Å²) in [4.78, 5) is 45.0. The lowest BCUT2D eigenvalue weighted by Crippen LogP contribution is -2.76. The van der Waals surface area contributed by atoms with Gasteiger partial charge in [-0.05, 0) is 29.8 Å². The van der Waals surface area contributed by atoms with Crippen LogP contribution in [0.3, 0.4) is 0 Å². The van der Waals surface area contributed by atoms with Crippen LogP contribution in [0.15, 0.2) is 60.6 Å². The molecule has 1 aromatic carbocycles. The number of carbonyl (C=O) groups excluding carboxylic acids is 3. The van der Waals surface area contributed by atoms with Crippen molar-refractivity contribution in [1.29, 1.82) is 0 Å². The number of rotatable bonds is 5. The lowest BCUT2D eigenvalue weighted by Gasteiger charge is -2.48. The summed E-state index contributed by atoms with van der Waals surface area (Å²) in [5.41, 5.74) is -1.79. The van der Waals surface area contributed by atoms with Crippen LogP contribution in [0.2, 0.25) is 0 Å². The van der Waals surface area contributed by atoms with E-state index in [1.165, 1.54) is 42.6 Å². The normalized spacial score (nSPS) is 23.5. The van der Waals surface area contributed by atoms with Crippen LogP contribution in [-0.4, -0.2) is 68.8 Å². The van der Waals surface area contributed by atoms with Gasteiger partial charge in [-0.2, -0.15) is 0 Å². The molecule has 12 heteroatoms. The summed E-state index contributed by atoms with van der Waals surface area (Å²) < 4.78 is 42.7. The SMILES string of the molecule is CN1C(=O)C(O)=CNC1(C(=O)NCc1ccc(F)cc1)[C@@H]1CC(F)(F)CN1C(=O)c1ccccn1. The molecule has 3 heterocycles. The number of carbonyl (C=O) groups is 3. The second-order valence-corrected chi connectivity index (χ2v) is 8.34. The third kappa shape index (κ3) is 4.38. The zero-order valence-electron chi connectivity index (χ0n) is 18.5. The molecule has 0 radical (unpaired) electrons. The van der Waals surface area contributed by atoms with Gasteiger partial charge in [0.05, 0.1) is 12.6 Å². The van der Waals surface area contributed by atoms with Gasteiger partial charge in [-0.25, -0.2) is 13.2 Å². The van der Waals surface area contributed by atoms with Crippen LogP contribution in [-0.2, 0) is 16.1 Å². The maximum atomic E-state index is 14.7. The summed E-state index contributed by atoms with van der Waals surface area (Å²) >= 11 is 0. The number of hydrogen-bond donors (Lipinski definition) is 3. The number of nitrogens with zero attached hydrogens (tertiary/aromatic N) is 3. The van der Waals surface area contributed by atoms with Crippen molar-refractivity contribution in [2.75, 3.05) is 13.6 Å². The number of nitrogens with one attached hydrogen (secondary N) is 2. The highest BCUT2D eigenvalue weighted by Gasteiger charge is 2.62. The van der Waals surface area contributed by atoms with Crippen molar-refractivity contribution >= 4 is 17.7 Å². The van der Waals surface area contributed by atoms with Crippen molar-refractivity contribution in [3.8, 4) is 0 Å². The van der Waals surface area contributed by atoms with Gasteiger partial charge in [-0.3, -0.25) is 19.4 Å². The molecule has 1 saturated heterocycles. The molecule has 0 saturated carbocycles. The number of hydrogen-bond acceptors (Lipinski definition) is 6. The first-order valence-corrected chi connectivity index (χ1v) is 10.6. The second-order valence-electron chi connectivity index (χ2n) is 8.34. The largest absolute Gasteiger partial charge is 0.502 e. The maximum Gasteiger partial charge on any atom is 0.292 e. The summed E-state index contributed by atoms with van der Waals surface area (Å²) in [5, 5.41) is 15.1. The van der Waals surface area contributed by atoms with Crippen LogP contribution in [0.4, 0.5) is 13.2 Å². The minimum absolute atomic E-state index is 0.111. The van der Waals surface area contributed by atoms with Crippen LogP contribution in [0, 0.1) is 5.82 Å². The first-order valence-electron chi connectivity index (χ1n) is 10.6. The third-order valence-electron chi connectivity index (χ3n) is 6.09. The number of likely N-dealkylation sites (tertiary alicyclic amines) is 1. The van der Waals surface area contributed by atoms with Gasteiger partial charge >= 0.3 is 0 Å². The number of pyridine rings is 1. The van der Waals surface area contributed by atoms with Crippen molar-refractivity contribution < 1.29 is 32.7 Å². The molecule has 0 spiro atoms. The van der Waals surface area contributed by atoms with E-state index in [4.69, 9.17) is 0 Å². The number of likely N-dealkylation sites (N-methyl/N-ethyl adjacent to an activating group) is 1. The standard InChI is InChI=1S/C23H22F3N5O4/c1-30-20(34)17(32)12-29-23(30,21(35)28-11-14-5-7-15(24)8-6-14)18-10-22(25,26)13-31(18)19(33)16-4-2-3-9-27-16/h2-9,12,18,29,32H,10-11,13H2,1H3,(H,28,35)/t18-,23?/m0/s1. The van der Waals surface area contributed by atoms with Crippen molar-refractivity contribution in [1.82, 2.24) is 25.4 Å². The Morgan fingerprint density at radius 1 is 1.23 bits per heavy atom. The average Bonchev–Trinajstić information content (AvgIpc) is 3.18. The number of aromatic nitrogens is 1. The van der Waals surface area contributed by atoms with Gasteiger partial charge in [0, 0.05) is 32.4 Å². The molecule has 0 aliphatic carbocycles. The summed E-state index contributed by atoms with van der Waals surface area (Å²) in [7, 11) is 1.16. The monoisotopic (exact) mass is 489 g/mol. The predicted octanol–water partition coefficient (Wildman–Crippen LogP) is 1.54. The summed E-state index contributed by atoms with van der Waals surface area (Å²) in [6.07, 6.45) is 1.24. The Morgan fingerprint density at radius 3 is 2.60 bits per heavy atom. The van der Waals surface area contributed by atoms with Gasteiger partial charge in [0.15, 0.2) is 5.76 Å². The van der Waals surface area contributed by atoms with E-state index in [0.29, 0.717) is 5.56 Å². The summed E-state index contributed by atoms with van der Waals surface area (Å²) in [6.45, 7) is -1.11. The van der Waals surface area contributed by atoms with Crippen molar-refractivity contribution in [2.45, 2.75) is 30.6 Å². The molecule has 0 bridgehead atoms. The Hall–Kier alpha value is -4.09. The van der Waals surface area contributed by atoms with Gasteiger partial charge in [0.2, 0.25) is 5.66 Å². The first kappa shape index (κ1) is 24.0. The molecular weight excluding hydrogens is 467 g/mol. The Bertz CT molecular complexity index is 1180. The molecule has 3 amide bonds. The fourth-order valence-corrected chi connectivity index (χ4v) is 4.32. The molecule has 2 aliphatic rings. The van der Waals surface area contributed by atoms with Crippen LogP contribution in [0.1, 0.15) is 22.5 Å². The number of aliphatic hydroxyl groups excluding tert-OH is 1. The number of alkyl halides is 2. The zero-order chi connectivity index (χ0) is 25.4. The number of aliphatic hydroxyl groups is 1. The maximum absolute atomic E-state index is 14.7. The summed E-state index contributed by atoms with van der Waals surface area (Å²) in [5.74, 6) is -7.33. The highest BCUT2D eigenvalue weighted by atomic mass is 19.3. The van der Waals surface area contributed by atoms with Gasteiger partial charge in [-0.15, -0.1) is 0 Å². The van der Waals surface area contributed by atoms with E-state index in [1.807, 2.05) is 0 Å². The number of amides is 3. The van der Waals surface area contributed by atoms with Gasteiger partial charge in [0.25, 0.3) is 23.6 Å². The van der Waals surface area contributed by atoms with E-state index in [-0.39, 0.29) is 12.2 Å². The Balaban J connectivity index is 1.73. The smallest absolute Gasteiger partial charge is 0.292 e. The Labute approximate surface area is 198 Å². The fourth-order valence-electron chi connectivity index (χ4n) is 4.32. The zero-order valence-corrected chi connectivity index (χ0v) is 18.5. The molecule has 2 aliphatic heterocycles. The first-order chi connectivity index (χ1) is 16.5.